The van der Waals surface area contributed by atoms with Crippen LogP contribution in [-0.4, -0.2) is 12.7 Å². The molecule has 0 N–H and O–H groups in total. The molecule has 0 radical (unpaired) electrons. The maximum atomic E-state index is 6.49. The van der Waals surface area contributed by atoms with Crippen LogP contribution in [0.3, 0.4) is 0 Å². The summed E-state index contributed by atoms with van der Waals surface area (Å²) in [4.78, 5) is 0. The van der Waals surface area contributed by atoms with E-state index in [9.17, 15) is 0 Å². The van der Waals surface area contributed by atoms with E-state index < -0.39 is 0 Å². The van der Waals surface area contributed by atoms with Crippen LogP contribution in [0.4, 0.5) is 0 Å². The van der Waals surface area contributed by atoms with Crippen LogP contribution < -0.4 is 0 Å². The van der Waals surface area contributed by atoms with E-state index in [0.29, 0.717) is 11.5 Å². The van der Waals surface area contributed by atoms with E-state index >= 15 is 0 Å². The Hall–Kier alpha value is -0.820. The summed E-state index contributed by atoms with van der Waals surface area (Å²) in [7, 11) is 0. The normalized spacial score (nSPS) is 26.5. The fourth-order valence-electron chi connectivity index (χ4n) is 4.80. The lowest BCUT2D eigenvalue weighted by Gasteiger charge is -2.43. The van der Waals surface area contributed by atoms with Gasteiger partial charge in [0, 0.05) is 12.0 Å². The molecule has 1 aliphatic heterocycles. The first kappa shape index (κ1) is 17.0. The molecule has 0 bridgehead atoms. The molecule has 3 rings (SSSR count). The molecule has 1 aliphatic carbocycles. The average Bonchev–Trinajstić information content (AvgIpc) is 2.51. The zero-order valence-corrected chi connectivity index (χ0v) is 14.8. The van der Waals surface area contributed by atoms with E-state index in [4.69, 9.17) is 4.74 Å². The van der Waals surface area contributed by atoms with Gasteiger partial charge in [0.05, 0.1) is 6.10 Å². The lowest BCUT2D eigenvalue weighted by atomic mass is 9.67. The van der Waals surface area contributed by atoms with Gasteiger partial charge in [0.2, 0.25) is 0 Å². The van der Waals surface area contributed by atoms with Crippen LogP contribution in [0.2, 0.25) is 0 Å². The summed E-state index contributed by atoms with van der Waals surface area (Å²) in [5, 5.41) is 0. The monoisotopic (exact) mass is 314 g/mol. The molecule has 1 heteroatoms. The Bertz CT molecular complexity index is 423. The molecule has 1 heterocycles. The van der Waals surface area contributed by atoms with Crippen molar-refractivity contribution in [1.29, 1.82) is 0 Å². The first-order valence-corrected chi connectivity index (χ1v) is 10.0. The minimum absolute atomic E-state index is 0.388. The van der Waals surface area contributed by atoms with Crippen molar-refractivity contribution in [3.05, 3.63) is 35.9 Å². The molecular weight excluding hydrogens is 280 g/mol. The summed E-state index contributed by atoms with van der Waals surface area (Å²) in [6.45, 7) is 0.987. The predicted molar refractivity (Wildman–Crippen MR) is 97.7 cm³/mol. The van der Waals surface area contributed by atoms with E-state index in [1.807, 2.05) is 0 Å². The first-order chi connectivity index (χ1) is 11.4. The van der Waals surface area contributed by atoms with Gasteiger partial charge in [0.15, 0.2) is 0 Å². The number of hydrogen-bond donors (Lipinski definition) is 0. The van der Waals surface area contributed by atoms with Crippen molar-refractivity contribution in [2.75, 3.05) is 6.61 Å². The molecule has 0 aromatic heterocycles. The zero-order valence-electron chi connectivity index (χ0n) is 14.8. The zero-order chi connectivity index (χ0) is 15.8. The molecule has 1 atom stereocenters. The standard InChI is InChI=1S/C22H34O/c1-3-10-16-22(17-11-4-1,19-20-13-7-6-8-14-20)21-15-9-2-5-12-18-23-21/h6-8,13-14,21H,1-5,9-12,15-19H2. The molecule has 23 heavy (non-hydrogen) atoms. The molecule has 1 saturated carbocycles. The fourth-order valence-corrected chi connectivity index (χ4v) is 4.80. The van der Waals surface area contributed by atoms with E-state index in [1.54, 1.807) is 0 Å². The highest BCUT2D eigenvalue weighted by Gasteiger charge is 2.39. The molecule has 2 fully saturated rings. The van der Waals surface area contributed by atoms with Gasteiger partial charge in [-0.15, -0.1) is 0 Å². The summed E-state index contributed by atoms with van der Waals surface area (Å²) in [6, 6.07) is 11.2. The summed E-state index contributed by atoms with van der Waals surface area (Å²) < 4.78 is 6.49. The summed E-state index contributed by atoms with van der Waals surface area (Å²) >= 11 is 0. The molecule has 1 aromatic rings. The topological polar surface area (TPSA) is 9.23 Å². The van der Waals surface area contributed by atoms with Gasteiger partial charge in [0.1, 0.15) is 0 Å². The van der Waals surface area contributed by atoms with E-state index in [-0.39, 0.29) is 0 Å². The van der Waals surface area contributed by atoms with Crippen molar-refractivity contribution in [2.45, 2.75) is 89.6 Å². The van der Waals surface area contributed by atoms with Crippen molar-refractivity contribution in [3.8, 4) is 0 Å². The van der Waals surface area contributed by atoms with Crippen molar-refractivity contribution in [2.24, 2.45) is 5.41 Å². The third-order valence-corrected chi connectivity index (χ3v) is 6.11. The summed E-state index contributed by atoms with van der Waals surface area (Å²) in [5.41, 5.74) is 1.90. The molecule has 0 spiro atoms. The van der Waals surface area contributed by atoms with Gasteiger partial charge in [-0.05, 0) is 37.7 Å². The number of rotatable bonds is 3. The van der Waals surface area contributed by atoms with Gasteiger partial charge in [-0.1, -0.05) is 81.7 Å². The Labute approximate surface area is 142 Å². The van der Waals surface area contributed by atoms with Crippen molar-refractivity contribution in [3.63, 3.8) is 0 Å². The quantitative estimate of drug-likeness (QED) is 0.635. The molecule has 2 aliphatic rings. The predicted octanol–water partition coefficient (Wildman–Crippen LogP) is 6.31. The number of hydrogen-bond acceptors (Lipinski definition) is 1. The Morgan fingerprint density at radius 2 is 1.43 bits per heavy atom. The minimum Gasteiger partial charge on any atom is -0.378 e. The van der Waals surface area contributed by atoms with E-state index in [0.717, 1.165) is 6.61 Å². The lowest BCUT2D eigenvalue weighted by Crippen LogP contribution is -2.40. The summed E-state index contributed by atoms with van der Waals surface area (Å²) in [5.74, 6) is 0. The van der Waals surface area contributed by atoms with Gasteiger partial charge >= 0.3 is 0 Å². The van der Waals surface area contributed by atoms with Crippen molar-refractivity contribution in [1.82, 2.24) is 0 Å². The molecule has 1 aromatic carbocycles. The van der Waals surface area contributed by atoms with Gasteiger partial charge < -0.3 is 4.74 Å². The number of ether oxygens (including phenoxy) is 1. The van der Waals surface area contributed by atoms with Crippen LogP contribution >= 0.6 is 0 Å². The second-order valence-electron chi connectivity index (χ2n) is 7.85. The highest BCUT2D eigenvalue weighted by Crippen LogP contribution is 2.44. The second kappa shape index (κ2) is 8.87. The minimum atomic E-state index is 0.388. The Kier molecular flexibility index (Phi) is 6.56. The Morgan fingerprint density at radius 1 is 0.783 bits per heavy atom. The molecular formula is C22H34O. The van der Waals surface area contributed by atoms with Crippen LogP contribution in [0, 0.1) is 5.41 Å². The third kappa shape index (κ3) is 4.83. The Balaban J connectivity index is 1.80. The Morgan fingerprint density at radius 3 is 2.22 bits per heavy atom. The second-order valence-corrected chi connectivity index (χ2v) is 7.85. The fraction of sp³-hybridized carbons (Fsp3) is 0.727. The average molecular weight is 315 g/mol. The van der Waals surface area contributed by atoms with Gasteiger partial charge in [0.25, 0.3) is 0 Å². The smallest absolute Gasteiger partial charge is 0.0634 e. The molecule has 1 unspecified atom stereocenters. The van der Waals surface area contributed by atoms with Crippen LogP contribution in [0.1, 0.15) is 82.6 Å². The van der Waals surface area contributed by atoms with Gasteiger partial charge in [-0.3, -0.25) is 0 Å². The highest BCUT2D eigenvalue weighted by molar-refractivity contribution is 5.17. The van der Waals surface area contributed by atoms with Gasteiger partial charge in [-0.2, -0.15) is 0 Å². The first-order valence-electron chi connectivity index (χ1n) is 10.0. The van der Waals surface area contributed by atoms with Crippen LogP contribution in [0.5, 0.6) is 0 Å². The van der Waals surface area contributed by atoms with Crippen LogP contribution in [0.15, 0.2) is 30.3 Å². The maximum Gasteiger partial charge on any atom is 0.0634 e. The summed E-state index contributed by atoms with van der Waals surface area (Å²) in [6.07, 6.45) is 18.2. The van der Waals surface area contributed by atoms with Crippen LogP contribution in [0.25, 0.3) is 0 Å². The molecule has 1 nitrogen and oxygen atoms in total. The van der Waals surface area contributed by atoms with Crippen molar-refractivity contribution >= 4 is 0 Å². The van der Waals surface area contributed by atoms with E-state index in [1.165, 1.54) is 89.0 Å². The van der Waals surface area contributed by atoms with E-state index in [2.05, 4.69) is 30.3 Å². The molecule has 0 amide bonds. The molecule has 128 valence electrons. The third-order valence-electron chi connectivity index (χ3n) is 6.11. The largest absolute Gasteiger partial charge is 0.378 e. The number of benzene rings is 1. The SMILES string of the molecule is c1ccc(CC2(C3CCCCCCO3)CCCCCCC2)cc1. The van der Waals surface area contributed by atoms with Crippen LogP contribution in [-0.2, 0) is 11.2 Å². The van der Waals surface area contributed by atoms with Crippen molar-refractivity contribution < 1.29 is 4.74 Å². The maximum absolute atomic E-state index is 6.49. The lowest BCUT2D eigenvalue weighted by molar-refractivity contribution is -0.0660. The molecule has 1 saturated heterocycles. The highest BCUT2D eigenvalue weighted by atomic mass is 16.5. The van der Waals surface area contributed by atoms with Gasteiger partial charge in [-0.25, -0.2) is 0 Å².